The first-order chi connectivity index (χ1) is 8.11. The number of aliphatic hydroxyl groups is 1. The number of hydrogen-bond acceptors (Lipinski definition) is 2. The predicted octanol–water partition coefficient (Wildman–Crippen LogP) is 3.48. The van der Waals surface area contributed by atoms with Crippen molar-refractivity contribution < 1.29 is 9.84 Å². The van der Waals surface area contributed by atoms with Gasteiger partial charge in [0.05, 0.1) is 6.10 Å². The fourth-order valence-corrected chi connectivity index (χ4v) is 2.57. The van der Waals surface area contributed by atoms with Gasteiger partial charge in [0.2, 0.25) is 0 Å². The third-order valence-corrected chi connectivity index (χ3v) is 3.54. The summed E-state index contributed by atoms with van der Waals surface area (Å²) in [5, 5.41) is 10.3. The van der Waals surface area contributed by atoms with Gasteiger partial charge in [0.25, 0.3) is 0 Å². The molecule has 2 nitrogen and oxygen atoms in total. The molecule has 3 atom stereocenters. The Kier molecular flexibility index (Phi) is 3.72. The Morgan fingerprint density at radius 3 is 2.94 bits per heavy atom. The van der Waals surface area contributed by atoms with E-state index in [1.54, 1.807) is 0 Å². The summed E-state index contributed by atoms with van der Waals surface area (Å²) in [4.78, 5) is 0. The zero-order valence-electron chi connectivity index (χ0n) is 10.9. The average Bonchev–Trinajstić information content (AvgIpc) is 2.67. The second kappa shape index (κ2) is 5.09. The van der Waals surface area contributed by atoms with E-state index >= 15 is 0 Å². The molecule has 0 spiro atoms. The van der Waals surface area contributed by atoms with Gasteiger partial charge in [-0.2, -0.15) is 0 Å². The normalized spacial score (nSPS) is 21.8. The predicted molar refractivity (Wildman–Crippen MR) is 69.3 cm³/mol. The molecule has 0 saturated heterocycles. The van der Waals surface area contributed by atoms with E-state index in [0.717, 1.165) is 30.6 Å². The molecule has 0 amide bonds. The van der Waals surface area contributed by atoms with Gasteiger partial charge < -0.3 is 9.84 Å². The number of aliphatic hydroxyl groups excluding tert-OH is 1. The van der Waals surface area contributed by atoms with Crippen LogP contribution < -0.4 is 4.74 Å². The van der Waals surface area contributed by atoms with Gasteiger partial charge >= 0.3 is 0 Å². The van der Waals surface area contributed by atoms with Crippen LogP contribution in [0.15, 0.2) is 18.2 Å². The molecule has 1 heterocycles. The Morgan fingerprint density at radius 2 is 2.24 bits per heavy atom. The monoisotopic (exact) mass is 234 g/mol. The minimum atomic E-state index is -0.351. The van der Waals surface area contributed by atoms with Crippen LogP contribution in [-0.4, -0.2) is 11.2 Å². The van der Waals surface area contributed by atoms with Crippen LogP contribution in [0.4, 0.5) is 0 Å². The number of rotatable bonds is 4. The molecule has 0 saturated carbocycles. The molecular weight excluding hydrogens is 212 g/mol. The average molecular weight is 234 g/mol. The summed E-state index contributed by atoms with van der Waals surface area (Å²) < 4.78 is 5.67. The van der Waals surface area contributed by atoms with E-state index in [4.69, 9.17) is 4.74 Å². The molecule has 3 unspecified atom stereocenters. The highest BCUT2D eigenvalue weighted by Gasteiger charge is 2.22. The summed E-state index contributed by atoms with van der Waals surface area (Å²) in [5.41, 5.74) is 2.26. The molecule has 0 aliphatic carbocycles. The summed E-state index contributed by atoms with van der Waals surface area (Å²) in [6.07, 6.45) is 3.05. The lowest BCUT2D eigenvalue weighted by molar-refractivity contribution is 0.112. The molecule has 94 valence electrons. The van der Waals surface area contributed by atoms with E-state index in [0.29, 0.717) is 5.92 Å². The van der Waals surface area contributed by atoms with Crippen molar-refractivity contribution in [2.45, 2.75) is 52.2 Å². The highest BCUT2D eigenvalue weighted by Crippen LogP contribution is 2.33. The van der Waals surface area contributed by atoms with Gasteiger partial charge in [-0.3, -0.25) is 0 Å². The van der Waals surface area contributed by atoms with Crippen LogP contribution >= 0.6 is 0 Å². The first-order valence-electron chi connectivity index (χ1n) is 6.59. The maximum Gasteiger partial charge on any atom is 0.123 e. The van der Waals surface area contributed by atoms with E-state index in [1.165, 1.54) is 5.56 Å². The fraction of sp³-hybridized carbons (Fsp3) is 0.600. The first kappa shape index (κ1) is 12.4. The SMILES string of the molecule is CCCC(C)C(O)c1ccc2c(c1)CC(C)O2. The summed E-state index contributed by atoms with van der Waals surface area (Å²) in [6, 6.07) is 6.10. The Bertz CT molecular complexity index is 387. The van der Waals surface area contributed by atoms with Crippen LogP contribution in [0.2, 0.25) is 0 Å². The maximum absolute atomic E-state index is 10.3. The van der Waals surface area contributed by atoms with Gasteiger partial charge in [0, 0.05) is 6.42 Å². The molecule has 1 aromatic rings. The van der Waals surface area contributed by atoms with Gasteiger partial charge in [-0.15, -0.1) is 0 Å². The Labute approximate surface area is 104 Å². The zero-order valence-corrected chi connectivity index (χ0v) is 10.9. The van der Waals surface area contributed by atoms with Gasteiger partial charge in [-0.05, 0) is 42.5 Å². The molecule has 0 bridgehead atoms. The number of benzene rings is 1. The summed E-state index contributed by atoms with van der Waals surface area (Å²) in [6.45, 7) is 6.35. The largest absolute Gasteiger partial charge is 0.490 e. The number of hydrogen-bond donors (Lipinski definition) is 1. The zero-order chi connectivity index (χ0) is 12.4. The van der Waals surface area contributed by atoms with Crippen LogP contribution in [0.25, 0.3) is 0 Å². The molecule has 1 aliphatic heterocycles. The number of fused-ring (bicyclic) bond motifs is 1. The summed E-state index contributed by atoms with van der Waals surface area (Å²) >= 11 is 0. The Balaban J connectivity index is 2.15. The molecule has 2 heteroatoms. The van der Waals surface area contributed by atoms with Crippen molar-refractivity contribution in [3.05, 3.63) is 29.3 Å². The van der Waals surface area contributed by atoms with Crippen LogP contribution in [0, 0.1) is 5.92 Å². The molecule has 1 N–H and O–H groups in total. The quantitative estimate of drug-likeness (QED) is 0.864. The molecule has 1 aromatic carbocycles. The minimum absolute atomic E-state index is 0.269. The molecule has 0 fully saturated rings. The lowest BCUT2D eigenvalue weighted by Crippen LogP contribution is -2.09. The van der Waals surface area contributed by atoms with Crippen molar-refractivity contribution >= 4 is 0 Å². The molecule has 2 rings (SSSR count). The lowest BCUT2D eigenvalue weighted by atomic mass is 9.92. The second-order valence-electron chi connectivity index (χ2n) is 5.21. The smallest absolute Gasteiger partial charge is 0.123 e. The van der Waals surface area contributed by atoms with Crippen molar-refractivity contribution in [1.82, 2.24) is 0 Å². The maximum atomic E-state index is 10.3. The van der Waals surface area contributed by atoms with Gasteiger partial charge in [0.15, 0.2) is 0 Å². The molecule has 1 aliphatic rings. The van der Waals surface area contributed by atoms with Gasteiger partial charge in [0.1, 0.15) is 11.9 Å². The topological polar surface area (TPSA) is 29.5 Å². The van der Waals surface area contributed by atoms with Gasteiger partial charge in [-0.25, -0.2) is 0 Å². The van der Waals surface area contributed by atoms with Crippen LogP contribution in [0.5, 0.6) is 5.75 Å². The minimum Gasteiger partial charge on any atom is -0.490 e. The fourth-order valence-electron chi connectivity index (χ4n) is 2.57. The highest BCUT2D eigenvalue weighted by atomic mass is 16.5. The van der Waals surface area contributed by atoms with Crippen molar-refractivity contribution in [2.24, 2.45) is 5.92 Å². The van der Waals surface area contributed by atoms with E-state index in [-0.39, 0.29) is 12.2 Å². The lowest BCUT2D eigenvalue weighted by Gasteiger charge is -2.19. The van der Waals surface area contributed by atoms with Crippen LogP contribution in [0.3, 0.4) is 0 Å². The molecule has 17 heavy (non-hydrogen) atoms. The second-order valence-corrected chi connectivity index (χ2v) is 5.21. The first-order valence-corrected chi connectivity index (χ1v) is 6.59. The Morgan fingerprint density at radius 1 is 1.47 bits per heavy atom. The summed E-state index contributed by atoms with van der Waals surface area (Å²) in [5.74, 6) is 1.30. The standard InChI is InChI=1S/C15H22O2/c1-4-5-10(2)15(16)12-6-7-14-13(9-12)8-11(3)17-14/h6-7,9-11,15-16H,4-5,8H2,1-3H3. The third-order valence-electron chi connectivity index (χ3n) is 3.54. The van der Waals surface area contributed by atoms with Crippen molar-refractivity contribution in [1.29, 1.82) is 0 Å². The Hall–Kier alpha value is -1.02. The highest BCUT2D eigenvalue weighted by molar-refractivity contribution is 5.41. The van der Waals surface area contributed by atoms with Crippen LogP contribution in [0.1, 0.15) is 50.8 Å². The number of ether oxygens (including phenoxy) is 1. The van der Waals surface area contributed by atoms with Crippen molar-refractivity contribution in [3.8, 4) is 5.75 Å². The van der Waals surface area contributed by atoms with E-state index in [1.807, 2.05) is 12.1 Å². The van der Waals surface area contributed by atoms with Crippen LogP contribution in [-0.2, 0) is 6.42 Å². The van der Waals surface area contributed by atoms with E-state index < -0.39 is 0 Å². The molecule has 0 radical (unpaired) electrons. The third kappa shape index (κ3) is 2.63. The van der Waals surface area contributed by atoms with E-state index in [9.17, 15) is 5.11 Å². The summed E-state index contributed by atoms with van der Waals surface area (Å²) in [7, 11) is 0. The van der Waals surface area contributed by atoms with Crippen molar-refractivity contribution in [3.63, 3.8) is 0 Å². The van der Waals surface area contributed by atoms with E-state index in [2.05, 4.69) is 26.8 Å². The van der Waals surface area contributed by atoms with Crippen molar-refractivity contribution in [2.75, 3.05) is 0 Å². The molecule has 0 aromatic heterocycles. The molecular formula is C15H22O2. The van der Waals surface area contributed by atoms with Gasteiger partial charge in [-0.1, -0.05) is 26.3 Å².